The number of carbonyl (C=O) groups is 2. The molecule has 0 saturated carbocycles. The van der Waals surface area contributed by atoms with Crippen LogP contribution >= 0.6 is 0 Å². The van der Waals surface area contributed by atoms with Crippen LogP contribution in [0.3, 0.4) is 0 Å². The molecule has 7 heteroatoms. The number of hydrogen-bond acceptors (Lipinski definition) is 4. The molecular weight excluding hydrogens is 308 g/mol. The molecule has 3 amide bonds. The van der Waals surface area contributed by atoms with Gasteiger partial charge in [0.1, 0.15) is 5.82 Å². The predicted octanol–water partition coefficient (Wildman–Crippen LogP) is 1.62. The number of anilines is 1. The normalized spacial score (nSPS) is 21.5. The van der Waals surface area contributed by atoms with Crippen molar-refractivity contribution in [3.63, 3.8) is 0 Å². The molecule has 130 valence electrons. The van der Waals surface area contributed by atoms with Gasteiger partial charge >= 0.3 is 6.03 Å². The van der Waals surface area contributed by atoms with E-state index >= 15 is 0 Å². The molecule has 2 saturated heterocycles. The van der Waals surface area contributed by atoms with Crippen LogP contribution in [0.1, 0.15) is 25.7 Å². The number of nitrogens with one attached hydrogen (secondary N) is 2. The minimum Gasteiger partial charge on any atom is -0.376 e. The molecule has 1 unspecified atom stereocenters. The number of hydrogen-bond donors (Lipinski definition) is 2. The third-order valence-electron chi connectivity index (χ3n) is 4.57. The summed E-state index contributed by atoms with van der Waals surface area (Å²) in [4.78, 5) is 30.3. The second kappa shape index (κ2) is 8.10. The quantitative estimate of drug-likeness (QED) is 0.878. The Bertz CT molecular complexity index is 552. The number of ether oxygens (including phenoxy) is 1. The average molecular weight is 332 g/mol. The Labute approximate surface area is 141 Å². The molecule has 2 N–H and O–H groups in total. The van der Waals surface area contributed by atoms with Crippen molar-refractivity contribution < 1.29 is 14.3 Å². The summed E-state index contributed by atoms with van der Waals surface area (Å²) in [5.41, 5.74) is 0. The van der Waals surface area contributed by atoms with Crippen LogP contribution < -0.4 is 10.6 Å². The van der Waals surface area contributed by atoms with Crippen LogP contribution in [0.5, 0.6) is 0 Å². The molecule has 2 aliphatic heterocycles. The minimum atomic E-state index is -0.0748. The van der Waals surface area contributed by atoms with Crippen LogP contribution in [0.2, 0.25) is 0 Å². The molecule has 0 spiro atoms. The van der Waals surface area contributed by atoms with Gasteiger partial charge in [0.05, 0.1) is 6.10 Å². The number of nitrogens with zero attached hydrogens (tertiary/aromatic N) is 2. The maximum atomic E-state index is 12.3. The minimum absolute atomic E-state index is 0.0203. The van der Waals surface area contributed by atoms with Crippen molar-refractivity contribution in [1.29, 1.82) is 0 Å². The smallest absolute Gasteiger partial charge is 0.317 e. The van der Waals surface area contributed by atoms with E-state index in [0.717, 1.165) is 19.4 Å². The van der Waals surface area contributed by atoms with Crippen LogP contribution in [0.4, 0.5) is 10.6 Å². The third-order valence-corrected chi connectivity index (χ3v) is 4.57. The average Bonchev–Trinajstić information content (AvgIpc) is 3.14. The number of likely N-dealkylation sites (tertiary alicyclic amines) is 1. The van der Waals surface area contributed by atoms with Gasteiger partial charge < -0.3 is 20.3 Å². The zero-order chi connectivity index (χ0) is 16.8. The lowest BCUT2D eigenvalue weighted by molar-refractivity contribution is -0.121. The van der Waals surface area contributed by atoms with Gasteiger partial charge in [-0.05, 0) is 37.8 Å². The first-order valence-corrected chi connectivity index (χ1v) is 8.58. The van der Waals surface area contributed by atoms with E-state index in [1.807, 2.05) is 12.1 Å². The van der Waals surface area contributed by atoms with E-state index in [4.69, 9.17) is 4.74 Å². The summed E-state index contributed by atoms with van der Waals surface area (Å²) in [6.45, 7) is 2.55. The van der Waals surface area contributed by atoms with Crippen LogP contribution in [-0.4, -0.2) is 54.2 Å². The van der Waals surface area contributed by atoms with Crippen LogP contribution in [0.15, 0.2) is 24.4 Å². The first-order valence-electron chi connectivity index (χ1n) is 8.58. The van der Waals surface area contributed by atoms with Crippen LogP contribution in [0, 0.1) is 5.92 Å². The lowest BCUT2D eigenvalue weighted by Crippen LogP contribution is -2.47. The fraction of sp³-hybridized carbons (Fsp3) is 0.588. The van der Waals surface area contributed by atoms with Gasteiger partial charge in [-0.1, -0.05) is 6.07 Å². The van der Waals surface area contributed by atoms with E-state index in [1.54, 1.807) is 17.2 Å². The highest BCUT2D eigenvalue weighted by atomic mass is 16.5. The van der Waals surface area contributed by atoms with Crippen molar-refractivity contribution >= 4 is 17.8 Å². The Morgan fingerprint density at radius 1 is 1.25 bits per heavy atom. The molecule has 0 aromatic carbocycles. The van der Waals surface area contributed by atoms with Crippen molar-refractivity contribution in [2.75, 3.05) is 31.6 Å². The third kappa shape index (κ3) is 4.44. The Morgan fingerprint density at radius 2 is 2.08 bits per heavy atom. The predicted molar refractivity (Wildman–Crippen MR) is 89.5 cm³/mol. The number of carbonyl (C=O) groups excluding carboxylic acids is 2. The number of pyridine rings is 1. The largest absolute Gasteiger partial charge is 0.376 e. The fourth-order valence-electron chi connectivity index (χ4n) is 3.13. The highest BCUT2D eigenvalue weighted by molar-refractivity contribution is 5.91. The molecule has 24 heavy (non-hydrogen) atoms. The maximum absolute atomic E-state index is 12.3. The van der Waals surface area contributed by atoms with Gasteiger partial charge in [0.2, 0.25) is 5.91 Å². The number of piperidine rings is 1. The van der Waals surface area contributed by atoms with Gasteiger partial charge in [-0.3, -0.25) is 4.79 Å². The Balaban J connectivity index is 1.40. The number of aromatic nitrogens is 1. The lowest BCUT2D eigenvalue weighted by Gasteiger charge is -2.31. The van der Waals surface area contributed by atoms with Crippen molar-refractivity contribution in [2.24, 2.45) is 5.92 Å². The number of rotatable bonds is 4. The molecule has 0 radical (unpaired) electrons. The molecule has 2 fully saturated rings. The molecule has 1 aromatic rings. The van der Waals surface area contributed by atoms with Crippen molar-refractivity contribution in [2.45, 2.75) is 31.8 Å². The van der Waals surface area contributed by atoms with E-state index in [0.29, 0.717) is 38.3 Å². The zero-order valence-corrected chi connectivity index (χ0v) is 13.7. The molecule has 0 aliphatic carbocycles. The molecule has 0 bridgehead atoms. The second-order valence-corrected chi connectivity index (χ2v) is 6.29. The Morgan fingerprint density at radius 3 is 2.75 bits per heavy atom. The lowest BCUT2D eigenvalue weighted by atomic mass is 9.96. The summed E-state index contributed by atoms with van der Waals surface area (Å²) >= 11 is 0. The summed E-state index contributed by atoms with van der Waals surface area (Å²) in [5.74, 6) is 0.474. The van der Waals surface area contributed by atoms with Gasteiger partial charge in [-0.2, -0.15) is 0 Å². The van der Waals surface area contributed by atoms with Crippen LogP contribution in [-0.2, 0) is 9.53 Å². The first-order chi connectivity index (χ1) is 11.7. The Hall–Kier alpha value is -2.15. The Kier molecular flexibility index (Phi) is 5.63. The SMILES string of the molecule is O=C(Nc1ccccn1)C1CCN(C(=O)NCC2CCCO2)CC1. The first kappa shape index (κ1) is 16.7. The van der Waals surface area contributed by atoms with Crippen molar-refractivity contribution in [3.8, 4) is 0 Å². The summed E-state index contributed by atoms with van der Waals surface area (Å²) in [6, 6.07) is 5.35. The molecule has 3 rings (SSSR count). The van der Waals surface area contributed by atoms with E-state index in [9.17, 15) is 9.59 Å². The monoisotopic (exact) mass is 332 g/mol. The highest BCUT2D eigenvalue weighted by Crippen LogP contribution is 2.19. The summed E-state index contributed by atoms with van der Waals surface area (Å²) in [5, 5.41) is 5.76. The highest BCUT2D eigenvalue weighted by Gasteiger charge is 2.28. The number of amides is 3. The molecule has 3 heterocycles. The summed E-state index contributed by atoms with van der Waals surface area (Å²) in [6.07, 6.45) is 5.22. The molecule has 1 atom stereocenters. The van der Waals surface area contributed by atoms with Crippen LogP contribution in [0.25, 0.3) is 0 Å². The standard InChI is InChI=1S/C17H24N4O3/c22-16(20-15-5-1-2-8-18-15)13-6-9-21(10-7-13)17(23)19-12-14-4-3-11-24-14/h1-2,5,8,13-14H,3-4,6-7,9-12H2,(H,19,23)(H,18,20,22). The molecular formula is C17H24N4O3. The van der Waals surface area contributed by atoms with Crippen molar-refractivity contribution in [3.05, 3.63) is 24.4 Å². The van der Waals surface area contributed by atoms with E-state index in [2.05, 4.69) is 15.6 Å². The van der Waals surface area contributed by atoms with E-state index < -0.39 is 0 Å². The maximum Gasteiger partial charge on any atom is 0.317 e. The molecule has 1 aromatic heterocycles. The van der Waals surface area contributed by atoms with E-state index in [1.165, 1.54) is 0 Å². The van der Waals surface area contributed by atoms with Gasteiger partial charge in [-0.25, -0.2) is 9.78 Å². The van der Waals surface area contributed by atoms with E-state index in [-0.39, 0.29) is 24.0 Å². The van der Waals surface area contributed by atoms with Gasteiger partial charge in [0, 0.05) is 38.4 Å². The van der Waals surface area contributed by atoms with Gasteiger partial charge in [0.25, 0.3) is 0 Å². The second-order valence-electron chi connectivity index (χ2n) is 6.29. The van der Waals surface area contributed by atoms with Crippen molar-refractivity contribution in [1.82, 2.24) is 15.2 Å². The molecule has 7 nitrogen and oxygen atoms in total. The zero-order valence-electron chi connectivity index (χ0n) is 13.7. The summed E-state index contributed by atoms with van der Waals surface area (Å²) < 4.78 is 5.50. The summed E-state index contributed by atoms with van der Waals surface area (Å²) in [7, 11) is 0. The number of urea groups is 1. The fourth-order valence-corrected chi connectivity index (χ4v) is 3.13. The molecule has 2 aliphatic rings. The topological polar surface area (TPSA) is 83.6 Å². The van der Waals surface area contributed by atoms with Gasteiger partial charge in [-0.15, -0.1) is 0 Å². The van der Waals surface area contributed by atoms with Gasteiger partial charge in [0.15, 0.2) is 0 Å².